The van der Waals surface area contributed by atoms with Crippen LogP contribution in [0.2, 0.25) is 0 Å². The van der Waals surface area contributed by atoms with Gasteiger partial charge in [0.05, 0.1) is 5.60 Å². The van der Waals surface area contributed by atoms with Crippen LogP contribution in [0.4, 0.5) is 0 Å². The Kier molecular flexibility index (Phi) is 2.53. The van der Waals surface area contributed by atoms with Crippen LogP contribution in [0.1, 0.15) is 43.2 Å². The molecule has 0 heterocycles. The predicted molar refractivity (Wildman–Crippen MR) is 68.8 cm³/mol. The molecule has 2 aliphatic rings. The topological polar surface area (TPSA) is 35.2 Å². The van der Waals surface area contributed by atoms with Crippen molar-refractivity contribution in [2.75, 3.05) is 7.11 Å². The second-order valence-corrected chi connectivity index (χ2v) is 5.77. The van der Waals surface area contributed by atoms with Crippen molar-refractivity contribution < 1.29 is 4.74 Å². The Morgan fingerprint density at radius 3 is 2.53 bits per heavy atom. The van der Waals surface area contributed by atoms with E-state index < -0.39 is 0 Å². The van der Waals surface area contributed by atoms with E-state index in [2.05, 4.69) is 24.3 Å². The molecule has 0 spiro atoms. The second-order valence-electron chi connectivity index (χ2n) is 5.77. The lowest BCUT2D eigenvalue weighted by Gasteiger charge is -2.39. The second kappa shape index (κ2) is 3.82. The first kappa shape index (κ1) is 11.2. The molecule has 1 aromatic rings. The molecule has 0 saturated heterocycles. The van der Waals surface area contributed by atoms with Crippen LogP contribution in [0, 0.1) is 0 Å². The third kappa shape index (κ3) is 2.00. The molecular weight excluding hydrogens is 210 g/mol. The lowest BCUT2D eigenvalue weighted by Crippen LogP contribution is -2.43. The van der Waals surface area contributed by atoms with E-state index in [-0.39, 0.29) is 11.1 Å². The molecule has 2 aliphatic carbocycles. The Balaban J connectivity index is 1.79. The van der Waals surface area contributed by atoms with E-state index >= 15 is 0 Å². The minimum atomic E-state index is -0.0419. The molecule has 0 atom stereocenters. The molecule has 2 fully saturated rings. The Morgan fingerprint density at radius 2 is 2.00 bits per heavy atom. The number of hydrogen-bond donors (Lipinski definition) is 1. The van der Waals surface area contributed by atoms with Gasteiger partial charge in [0, 0.05) is 19.1 Å². The lowest BCUT2D eigenvalue weighted by atomic mass is 9.72. The van der Waals surface area contributed by atoms with Gasteiger partial charge in [0.1, 0.15) is 0 Å². The average molecular weight is 231 g/mol. The molecule has 0 aliphatic heterocycles. The molecule has 2 saturated carbocycles. The van der Waals surface area contributed by atoms with Crippen LogP contribution in [-0.2, 0) is 16.7 Å². The van der Waals surface area contributed by atoms with Gasteiger partial charge in [-0.3, -0.25) is 0 Å². The van der Waals surface area contributed by atoms with Crippen LogP contribution < -0.4 is 5.73 Å². The van der Waals surface area contributed by atoms with Crippen molar-refractivity contribution in [2.45, 2.75) is 49.7 Å². The molecule has 0 aromatic heterocycles. The quantitative estimate of drug-likeness (QED) is 0.864. The lowest BCUT2D eigenvalue weighted by molar-refractivity contribution is 0.0807. The van der Waals surface area contributed by atoms with E-state index in [1.165, 1.54) is 30.4 Å². The van der Waals surface area contributed by atoms with Gasteiger partial charge in [-0.15, -0.1) is 0 Å². The zero-order valence-corrected chi connectivity index (χ0v) is 10.5. The Labute approximate surface area is 103 Å². The fourth-order valence-electron chi connectivity index (χ4n) is 2.80. The normalized spacial score (nSPS) is 24.1. The Bertz CT molecular complexity index is 419. The van der Waals surface area contributed by atoms with Crippen LogP contribution in [-0.4, -0.2) is 12.7 Å². The van der Waals surface area contributed by atoms with Crippen molar-refractivity contribution in [3.63, 3.8) is 0 Å². The van der Waals surface area contributed by atoms with Crippen molar-refractivity contribution >= 4 is 0 Å². The summed E-state index contributed by atoms with van der Waals surface area (Å²) in [6.07, 6.45) is 6.96. The van der Waals surface area contributed by atoms with Crippen molar-refractivity contribution in [3.05, 3.63) is 35.4 Å². The third-order valence-corrected chi connectivity index (χ3v) is 4.51. The molecule has 0 amide bonds. The van der Waals surface area contributed by atoms with Crippen molar-refractivity contribution in [1.82, 2.24) is 0 Å². The number of benzene rings is 1. The van der Waals surface area contributed by atoms with Gasteiger partial charge in [-0.2, -0.15) is 0 Å². The largest absolute Gasteiger partial charge is 0.378 e. The molecule has 2 nitrogen and oxygen atoms in total. The zero-order chi connectivity index (χ0) is 11.9. The molecule has 1 aromatic carbocycles. The summed E-state index contributed by atoms with van der Waals surface area (Å²) in [5.74, 6) is 0. The van der Waals surface area contributed by atoms with Gasteiger partial charge in [0.2, 0.25) is 0 Å². The first-order valence-corrected chi connectivity index (χ1v) is 6.59. The first-order chi connectivity index (χ1) is 8.16. The fraction of sp³-hybridized carbons (Fsp3) is 0.600. The maximum atomic E-state index is 6.37. The summed E-state index contributed by atoms with van der Waals surface area (Å²) in [6.45, 7) is 0. The number of methoxy groups -OCH3 is 1. The third-order valence-electron chi connectivity index (χ3n) is 4.51. The van der Waals surface area contributed by atoms with Gasteiger partial charge >= 0.3 is 0 Å². The van der Waals surface area contributed by atoms with E-state index in [4.69, 9.17) is 10.5 Å². The molecule has 92 valence electrons. The van der Waals surface area contributed by atoms with E-state index in [1.54, 1.807) is 0 Å². The molecule has 0 unspecified atom stereocenters. The van der Waals surface area contributed by atoms with E-state index in [9.17, 15) is 0 Å². The number of ether oxygens (including phenoxy) is 1. The van der Waals surface area contributed by atoms with Gasteiger partial charge in [0.15, 0.2) is 0 Å². The van der Waals surface area contributed by atoms with E-state index in [0.29, 0.717) is 0 Å². The summed E-state index contributed by atoms with van der Waals surface area (Å²) in [7, 11) is 1.83. The van der Waals surface area contributed by atoms with Crippen LogP contribution in [0.25, 0.3) is 0 Å². The van der Waals surface area contributed by atoms with E-state index in [0.717, 1.165) is 19.3 Å². The summed E-state index contributed by atoms with van der Waals surface area (Å²) in [6, 6.07) is 8.81. The monoisotopic (exact) mass is 231 g/mol. The van der Waals surface area contributed by atoms with Gasteiger partial charge in [-0.25, -0.2) is 0 Å². The SMILES string of the molecule is COC1(Cc2cccc(C3(N)CCC3)c2)CC1. The highest BCUT2D eigenvalue weighted by molar-refractivity contribution is 5.32. The van der Waals surface area contributed by atoms with Gasteiger partial charge < -0.3 is 10.5 Å². The summed E-state index contributed by atoms with van der Waals surface area (Å²) in [4.78, 5) is 0. The number of rotatable bonds is 4. The van der Waals surface area contributed by atoms with Crippen molar-refractivity contribution in [1.29, 1.82) is 0 Å². The Hall–Kier alpha value is -0.860. The fourth-order valence-corrected chi connectivity index (χ4v) is 2.80. The van der Waals surface area contributed by atoms with Crippen molar-refractivity contribution in [3.8, 4) is 0 Å². The molecule has 17 heavy (non-hydrogen) atoms. The summed E-state index contributed by atoms with van der Waals surface area (Å²) < 4.78 is 5.59. The molecule has 0 bridgehead atoms. The Morgan fingerprint density at radius 1 is 1.24 bits per heavy atom. The number of nitrogens with two attached hydrogens (primary N) is 1. The molecule has 3 rings (SSSR count). The highest BCUT2D eigenvalue weighted by Crippen LogP contribution is 2.43. The minimum Gasteiger partial charge on any atom is -0.378 e. The van der Waals surface area contributed by atoms with Crippen LogP contribution in [0.3, 0.4) is 0 Å². The summed E-state index contributed by atoms with van der Waals surface area (Å²) in [5, 5.41) is 0. The highest BCUT2D eigenvalue weighted by atomic mass is 16.5. The van der Waals surface area contributed by atoms with Crippen LogP contribution in [0.15, 0.2) is 24.3 Å². The molecule has 2 heteroatoms. The van der Waals surface area contributed by atoms with Crippen LogP contribution >= 0.6 is 0 Å². The highest BCUT2D eigenvalue weighted by Gasteiger charge is 2.43. The molecular formula is C15H21NO. The maximum Gasteiger partial charge on any atom is 0.0721 e. The van der Waals surface area contributed by atoms with Crippen LogP contribution in [0.5, 0.6) is 0 Å². The van der Waals surface area contributed by atoms with Gasteiger partial charge in [0.25, 0.3) is 0 Å². The van der Waals surface area contributed by atoms with Gasteiger partial charge in [-0.05, 0) is 43.2 Å². The zero-order valence-electron chi connectivity index (χ0n) is 10.5. The molecule has 2 N–H and O–H groups in total. The van der Waals surface area contributed by atoms with E-state index in [1.807, 2.05) is 7.11 Å². The standard InChI is InChI=1S/C15H21NO/c1-17-14(8-9-14)11-12-4-2-5-13(10-12)15(16)6-3-7-15/h2,4-5,10H,3,6-9,11,16H2,1H3. The summed E-state index contributed by atoms with van der Waals surface area (Å²) >= 11 is 0. The predicted octanol–water partition coefficient (Wildman–Crippen LogP) is 2.75. The molecule has 0 radical (unpaired) electrons. The maximum absolute atomic E-state index is 6.37. The average Bonchev–Trinajstić information content (AvgIpc) is 3.07. The first-order valence-electron chi connectivity index (χ1n) is 6.59. The van der Waals surface area contributed by atoms with Crippen molar-refractivity contribution in [2.24, 2.45) is 5.73 Å². The number of hydrogen-bond acceptors (Lipinski definition) is 2. The van der Waals surface area contributed by atoms with Gasteiger partial charge in [-0.1, -0.05) is 24.3 Å². The minimum absolute atomic E-state index is 0.0419. The smallest absolute Gasteiger partial charge is 0.0721 e. The summed E-state index contributed by atoms with van der Waals surface area (Å²) in [5.41, 5.74) is 9.16.